The molecule has 0 amide bonds. The van der Waals surface area contributed by atoms with Crippen LogP contribution in [-0.2, 0) is 47.1 Å². The first-order valence-electron chi connectivity index (χ1n) is 7.40. The minimum absolute atomic E-state index is 0. The predicted molar refractivity (Wildman–Crippen MR) is 80.8 cm³/mol. The van der Waals surface area contributed by atoms with Crippen molar-refractivity contribution in [3.05, 3.63) is 6.54 Å². The third-order valence-electron chi connectivity index (χ3n) is 3.40. The molecule has 1 saturated heterocycles. The third-order valence-corrected chi connectivity index (χ3v) is 3.40. The molecular weight excluding hydrogens is 359 g/mol. The Morgan fingerprint density at radius 3 is 1.45 bits per heavy atom. The quantitative estimate of drug-likeness (QED) is 0.592. The molecule has 0 saturated carbocycles. The van der Waals surface area contributed by atoms with Gasteiger partial charge in [-0.05, 0) is 33.9 Å². The predicted octanol–water partition coefficient (Wildman–Crippen LogP) is -0.168. The summed E-state index contributed by atoms with van der Waals surface area (Å²) >= 11 is 0. The Balaban J connectivity index is 0.00000441. The van der Waals surface area contributed by atoms with Gasteiger partial charge in [-0.15, -0.1) is 0 Å². The molecule has 0 radical (unpaired) electrons. The first-order valence-corrected chi connectivity index (χ1v) is 7.40. The Labute approximate surface area is 158 Å². The number of carbonyl (C=O) groups is 3. The second kappa shape index (κ2) is 11.4. The van der Waals surface area contributed by atoms with Crippen LogP contribution in [0.1, 0.15) is 20.8 Å². The van der Waals surface area contributed by atoms with Gasteiger partial charge >= 0.3 is 32.7 Å². The molecule has 0 aliphatic carbocycles. The van der Waals surface area contributed by atoms with Crippen LogP contribution in [0.3, 0.4) is 0 Å². The molecule has 1 fully saturated rings. The molecule has 0 unspecified atom stereocenters. The maximum atomic E-state index is 11.3. The summed E-state index contributed by atoms with van der Waals surface area (Å²) in [5.41, 5.74) is 0. The van der Waals surface area contributed by atoms with Gasteiger partial charge in [-0.1, -0.05) is 0 Å². The average molecular weight is 385 g/mol. The van der Waals surface area contributed by atoms with E-state index >= 15 is 0 Å². The number of rotatable bonds is 6. The summed E-state index contributed by atoms with van der Waals surface area (Å²) in [5.74, 6) is 0.286. The molecule has 0 bridgehead atoms. The van der Waals surface area contributed by atoms with Crippen LogP contribution in [0, 0.1) is 6.54 Å². The average Bonchev–Trinajstić information content (AvgIpc) is 2.42. The van der Waals surface area contributed by atoms with Crippen molar-refractivity contribution in [2.24, 2.45) is 0 Å². The maximum Gasteiger partial charge on any atom is 3.00 e. The molecule has 0 aromatic carbocycles. The Bertz CT molecular complexity index is 321. The van der Waals surface area contributed by atoms with Gasteiger partial charge in [0.1, 0.15) is 11.6 Å². The van der Waals surface area contributed by atoms with Gasteiger partial charge in [0.25, 0.3) is 0 Å². The molecule has 6 nitrogen and oxygen atoms in total. The van der Waals surface area contributed by atoms with Crippen LogP contribution in [-0.4, -0.2) is 84.4 Å². The molecular formula is C15H26N3O3Y+2. The van der Waals surface area contributed by atoms with E-state index in [1.165, 1.54) is 6.92 Å². The molecule has 7 heteroatoms. The van der Waals surface area contributed by atoms with E-state index in [4.69, 9.17) is 0 Å². The third kappa shape index (κ3) is 9.79. The van der Waals surface area contributed by atoms with Gasteiger partial charge in [0, 0.05) is 32.0 Å². The maximum absolute atomic E-state index is 11.3. The van der Waals surface area contributed by atoms with Crippen molar-refractivity contribution in [3.8, 4) is 0 Å². The number of hydrogen-bond donors (Lipinski definition) is 0. The number of carbonyl (C=O) groups excluding carboxylic acids is 3. The Hall–Kier alpha value is -0.136. The van der Waals surface area contributed by atoms with Crippen molar-refractivity contribution in [2.75, 3.05) is 52.4 Å². The molecule has 0 aromatic rings. The first-order chi connectivity index (χ1) is 9.86. The molecule has 1 aliphatic rings. The largest absolute Gasteiger partial charge is 3.00 e. The molecule has 1 aliphatic heterocycles. The minimum atomic E-state index is 0. The number of Topliss-reactive ketones (excluding diaryl/α,β-unsaturated/α-hetero) is 3. The SMILES string of the molecule is CC(=O)[CH-]N1CCN(CC(C)=O)CCN(CC(C)=O)CC1.[Y+3]. The molecule has 1 heterocycles. The summed E-state index contributed by atoms with van der Waals surface area (Å²) in [6.45, 7) is 11.6. The van der Waals surface area contributed by atoms with Crippen LogP contribution in [0.2, 0.25) is 0 Å². The Kier molecular flexibility index (Phi) is 11.3. The molecule has 0 atom stereocenters. The minimum Gasteiger partial charge on any atom is -0.432 e. The van der Waals surface area contributed by atoms with Gasteiger partial charge < -0.3 is 9.69 Å². The second-order valence-corrected chi connectivity index (χ2v) is 5.73. The van der Waals surface area contributed by atoms with E-state index in [0.717, 1.165) is 39.3 Å². The summed E-state index contributed by atoms with van der Waals surface area (Å²) < 4.78 is 0. The summed E-state index contributed by atoms with van der Waals surface area (Å²) in [7, 11) is 0. The fourth-order valence-electron chi connectivity index (χ4n) is 2.49. The van der Waals surface area contributed by atoms with E-state index in [-0.39, 0.29) is 50.1 Å². The van der Waals surface area contributed by atoms with E-state index in [1.807, 2.05) is 4.90 Å². The molecule has 0 spiro atoms. The molecule has 22 heavy (non-hydrogen) atoms. The van der Waals surface area contributed by atoms with Crippen LogP contribution in [0.5, 0.6) is 0 Å². The van der Waals surface area contributed by atoms with Gasteiger partial charge in [0.2, 0.25) is 0 Å². The zero-order valence-electron chi connectivity index (χ0n) is 13.9. The van der Waals surface area contributed by atoms with Crippen molar-refractivity contribution in [1.29, 1.82) is 0 Å². The zero-order chi connectivity index (χ0) is 15.8. The number of ketones is 3. The molecule has 1 rings (SSSR count). The van der Waals surface area contributed by atoms with Gasteiger partial charge in [-0.3, -0.25) is 25.9 Å². The molecule has 0 aromatic heterocycles. The second-order valence-electron chi connectivity index (χ2n) is 5.73. The summed E-state index contributed by atoms with van der Waals surface area (Å²) in [6.07, 6.45) is 0. The summed E-state index contributed by atoms with van der Waals surface area (Å²) in [6, 6.07) is 0. The van der Waals surface area contributed by atoms with Crippen LogP contribution in [0.4, 0.5) is 0 Å². The van der Waals surface area contributed by atoms with Crippen molar-refractivity contribution in [3.63, 3.8) is 0 Å². The number of hydrogen-bond acceptors (Lipinski definition) is 6. The van der Waals surface area contributed by atoms with Crippen LogP contribution >= 0.6 is 0 Å². The van der Waals surface area contributed by atoms with Crippen LogP contribution in [0.15, 0.2) is 0 Å². The van der Waals surface area contributed by atoms with Crippen LogP contribution < -0.4 is 0 Å². The zero-order valence-corrected chi connectivity index (χ0v) is 16.7. The molecule has 0 N–H and O–H groups in total. The summed E-state index contributed by atoms with van der Waals surface area (Å²) in [5, 5.41) is 0. The smallest absolute Gasteiger partial charge is 0.432 e. The van der Waals surface area contributed by atoms with E-state index in [9.17, 15) is 14.4 Å². The monoisotopic (exact) mass is 385 g/mol. The molecule has 120 valence electrons. The fourth-order valence-corrected chi connectivity index (χ4v) is 2.49. The Morgan fingerprint density at radius 1 is 0.773 bits per heavy atom. The first kappa shape index (κ1) is 21.9. The van der Waals surface area contributed by atoms with E-state index in [1.54, 1.807) is 20.4 Å². The topological polar surface area (TPSA) is 60.9 Å². The van der Waals surface area contributed by atoms with Crippen molar-refractivity contribution in [2.45, 2.75) is 20.8 Å². The van der Waals surface area contributed by atoms with Gasteiger partial charge in [-0.2, -0.15) is 0 Å². The van der Waals surface area contributed by atoms with Crippen molar-refractivity contribution >= 4 is 17.3 Å². The standard InChI is InChI=1S/C15H26N3O3.Y/c1-13(19)10-16-4-6-17(11-14(2)20)8-9-18(7-5-16)12-15(3)21;/h10H,4-9,11-12H2,1-3H3;/q-1;+3. The van der Waals surface area contributed by atoms with Crippen LogP contribution in [0.25, 0.3) is 0 Å². The van der Waals surface area contributed by atoms with Crippen molar-refractivity contribution in [1.82, 2.24) is 14.7 Å². The Morgan fingerprint density at radius 2 is 1.14 bits per heavy atom. The number of nitrogens with zero attached hydrogens (tertiary/aromatic N) is 3. The normalized spacial score (nSPS) is 18.5. The van der Waals surface area contributed by atoms with E-state index in [0.29, 0.717) is 13.1 Å². The van der Waals surface area contributed by atoms with E-state index in [2.05, 4.69) is 9.80 Å². The van der Waals surface area contributed by atoms with Gasteiger partial charge in [0.15, 0.2) is 0 Å². The van der Waals surface area contributed by atoms with E-state index < -0.39 is 0 Å². The summed E-state index contributed by atoms with van der Waals surface area (Å²) in [4.78, 5) is 40.1. The van der Waals surface area contributed by atoms with Gasteiger partial charge in [-0.25, -0.2) is 0 Å². The van der Waals surface area contributed by atoms with Crippen molar-refractivity contribution < 1.29 is 47.1 Å². The fraction of sp³-hybridized carbons (Fsp3) is 0.733. The van der Waals surface area contributed by atoms with Gasteiger partial charge in [0.05, 0.1) is 13.1 Å².